The van der Waals surface area contributed by atoms with Crippen molar-refractivity contribution in [1.82, 2.24) is 5.32 Å². The molecule has 14 heavy (non-hydrogen) atoms. The molecular weight excluding hydrogens is 204 g/mol. The molecule has 0 spiro atoms. The van der Waals surface area contributed by atoms with Crippen molar-refractivity contribution in [2.75, 3.05) is 6.54 Å². The number of rotatable bonds is 3. The van der Waals surface area contributed by atoms with E-state index in [0.717, 1.165) is 6.42 Å². The van der Waals surface area contributed by atoms with Gasteiger partial charge in [-0.05, 0) is 40.7 Å². The quantitative estimate of drug-likeness (QED) is 0.767. The van der Waals surface area contributed by atoms with Crippen LogP contribution >= 0.6 is 12.4 Å². The van der Waals surface area contributed by atoms with Crippen molar-refractivity contribution in [2.24, 2.45) is 5.73 Å². The lowest BCUT2D eigenvalue weighted by Crippen LogP contribution is -2.38. The Labute approximate surface area is 92.0 Å². The van der Waals surface area contributed by atoms with E-state index < -0.39 is 5.60 Å². The monoisotopic (exact) mass is 224 g/mol. The summed E-state index contributed by atoms with van der Waals surface area (Å²) in [5.74, 6) is 0. The van der Waals surface area contributed by atoms with Crippen molar-refractivity contribution >= 4 is 18.5 Å². The van der Waals surface area contributed by atoms with Crippen LogP contribution in [-0.4, -0.2) is 24.3 Å². The molecule has 0 aromatic carbocycles. The van der Waals surface area contributed by atoms with Crippen LogP contribution in [0.5, 0.6) is 0 Å². The van der Waals surface area contributed by atoms with E-state index in [-0.39, 0.29) is 24.5 Å². The van der Waals surface area contributed by atoms with Gasteiger partial charge in [0.25, 0.3) is 0 Å². The van der Waals surface area contributed by atoms with Crippen molar-refractivity contribution in [2.45, 2.75) is 45.8 Å². The number of nitrogens with two attached hydrogens (primary N) is 1. The Hall–Kier alpha value is -0.480. The molecule has 0 aromatic heterocycles. The minimum absolute atomic E-state index is 0. The Balaban J connectivity index is 0. The Morgan fingerprint density at radius 1 is 1.50 bits per heavy atom. The highest BCUT2D eigenvalue weighted by molar-refractivity contribution is 5.85. The minimum Gasteiger partial charge on any atom is -0.444 e. The number of nitrogens with one attached hydrogen (secondary N) is 1. The number of carbonyl (C=O) groups is 1. The van der Waals surface area contributed by atoms with Crippen LogP contribution in [0.1, 0.15) is 34.1 Å². The fourth-order valence-corrected chi connectivity index (χ4v) is 0.831. The molecule has 3 N–H and O–H groups in total. The van der Waals surface area contributed by atoms with Gasteiger partial charge in [0.1, 0.15) is 5.60 Å². The molecule has 1 amide bonds. The first-order valence-electron chi connectivity index (χ1n) is 4.54. The molecule has 0 bridgehead atoms. The van der Waals surface area contributed by atoms with Crippen molar-refractivity contribution < 1.29 is 9.53 Å². The molecular formula is C9H21ClN2O2. The second-order valence-corrected chi connectivity index (χ2v) is 4.12. The molecule has 86 valence electrons. The predicted octanol–water partition coefficient (Wildman–Crippen LogP) is 1.67. The zero-order valence-corrected chi connectivity index (χ0v) is 10.1. The summed E-state index contributed by atoms with van der Waals surface area (Å²) in [6, 6.07) is 0.0693. The third-order valence-corrected chi connectivity index (χ3v) is 1.36. The first-order valence-corrected chi connectivity index (χ1v) is 4.54. The normalized spacial score (nSPS) is 12.6. The third-order valence-electron chi connectivity index (χ3n) is 1.36. The van der Waals surface area contributed by atoms with E-state index in [1.54, 1.807) is 0 Å². The van der Waals surface area contributed by atoms with Crippen LogP contribution in [0, 0.1) is 0 Å². The molecule has 0 aliphatic heterocycles. The number of alkyl carbamates (subject to hydrolysis) is 1. The highest BCUT2D eigenvalue weighted by Gasteiger charge is 2.16. The average molecular weight is 225 g/mol. The standard InChI is InChI=1S/C9H20N2O2.ClH/c1-7(5-6-10)11-8(12)13-9(2,3)4;/h7H,5-6,10H2,1-4H3,(H,11,12);1H/t7-;/m1./s1. The van der Waals surface area contributed by atoms with E-state index in [1.807, 2.05) is 27.7 Å². The lowest BCUT2D eigenvalue weighted by molar-refractivity contribution is 0.0507. The van der Waals surface area contributed by atoms with E-state index in [0.29, 0.717) is 6.54 Å². The first-order chi connectivity index (χ1) is 5.85. The summed E-state index contributed by atoms with van der Waals surface area (Å²) in [7, 11) is 0. The van der Waals surface area contributed by atoms with Crippen molar-refractivity contribution in [3.63, 3.8) is 0 Å². The molecule has 0 saturated carbocycles. The van der Waals surface area contributed by atoms with Gasteiger partial charge in [0.2, 0.25) is 0 Å². The summed E-state index contributed by atoms with van der Waals surface area (Å²) >= 11 is 0. The second kappa shape index (κ2) is 6.90. The molecule has 5 heteroatoms. The summed E-state index contributed by atoms with van der Waals surface area (Å²) in [6.07, 6.45) is 0.382. The van der Waals surface area contributed by atoms with Gasteiger partial charge in [-0.3, -0.25) is 0 Å². The molecule has 0 heterocycles. The Kier molecular flexibility index (Phi) is 7.87. The number of halogens is 1. The number of amides is 1. The SMILES string of the molecule is C[C@H](CCN)NC(=O)OC(C)(C)C.Cl. The smallest absolute Gasteiger partial charge is 0.407 e. The number of hydrogen-bond donors (Lipinski definition) is 2. The van der Waals surface area contributed by atoms with Gasteiger partial charge in [-0.1, -0.05) is 0 Å². The number of carbonyl (C=O) groups excluding carboxylic acids is 1. The molecule has 1 atom stereocenters. The lowest BCUT2D eigenvalue weighted by atomic mass is 10.2. The zero-order chi connectivity index (χ0) is 10.5. The summed E-state index contributed by atoms with van der Waals surface area (Å²) in [5.41, 5.74) is 4.90. The maximum atomic E-state index is 11.2. The summed E-state index contributed by atoms with van der Waals surface area (Å²) in [4.78, 5) is 11.2. The largest absolute Gasteiger partial charge is 0.444 e. The van der Waals surface area contributed by atoms with Crippen LogP contribution in [0.25, 0.3) is 0 Å². The van der Waals surface area contributed by atoms with Crippen molar-refractivity contribution in [3.8, 4) is 0 Å². The van der Waals surface area contributed by atoms with E-state index in [4.69, 9.17) is 10.5 Å². The van der Waals surface area contributed by atoms with Gasteiger partial charge in [-0.15, -0.1) is 12.4 Å². The second-order valence-electron chi connectivity index (χ2n) is 4.12. The molecule has 0 fully saturated rings. The van der Waals surface area contributed by atoms with Crippen LogP contribution in [0.15, 0.2) is 0 Å². The van der Waals surface area contributed by atoms with Gasteiger partial charge in [0, 0.05) is 6.04 Å². The van der Waals surface area contributed by atoms with Crippen LogP contribution in [-0.2, 0) is 4.74 Å². The summed E-state index contributed by atoms with van der Waals surface area (Å²) in [6.45, 7) is 7.97. The van der Waals surface area contributed by atoms with Gasteiger partial charge in [0.15, 0.2) is 0 Å². The fraction of sp³-hybridized carbons (Fsp3) is 0.889. The summed E-state index contributed by atoms with van der Waals surface area (Å²) in [5, 5.41) is 2.70. The van der Waals surface area contributed by atoms with Crippen LogP contribution in [0.4, 0.5) is 4.79 Å². The third kappa shape index (κ3) is 9.61. The van der Waals surface area contributed by atoms with Crippen LogP contribution < -0.4 is 11.1 Å². The van der Waals surface area contributed by atoms with Gasteiger partial charge in [-0.2, -0.15) is 0 Å². The lowest BCUT2D eigenvalue weighted by Gasteiger charge is -2.21. The van der Waals surface area contributed by atoms with Gasteiger partial charge >= 0.3 is 6.09 Å². The molecule has 4 nitrogen and oxygen atoms in total. The number of hydrogen-bond acceptors (Lipinski definition) is 3. The molecule has 0 aromatic rings. The maximum absolute atomic E-state index is 11.2. The average Bonchev–Trinajstić information content (AvgIpc) is 1.81. The highest BCUT2D eigenvalue weighted by atomic mass is 35.5. The van der Waals surface area contributed by atoms with Crippen molar-refractivity contribution in [1.29, 1.82) is 0 Å². The van der Waals surface area contributed by atoms with Gasteiger partial charge < -0.3 is 15.8 Å². The Morgan fingerprint density at radius 2 is 2.00 bits per heavy atom. The molecule has 0 unspecified atom stereocenters. The topological polar surface area (TPSA) is 64.3 Å². The first kappa shape index (κ1) is 16.0. The van der Waals surface area contributed by atoms with Crippen LogP contribution in [0.2, 0.25) is 0 Å². The van der Waals surface area contributed by atoms with E-state index in [1.165, 1.54) is 0 Å². The molecule has 0 saturated heterocycles. The van der Waals surface area contributed by atoms with Gasteiger partial charge in [-0.25, -0.2) is 4.79 Å². The predicted molar refractivity (Wildman–Crippen MR) is 59.8 cm³/mol. The molecule has 0 aliphatic carbocycles. The van der Waals surface area contributed by atoms with Gasteiger partial charge in [0.05, 0.1) is 0 Å². The van der Waals surface area contributed by atoms with Crippen molar-refractivity contribution in [3.05, 3.63) is 0 Å². The van der Waals surface area contributed by atoms with E-state index in [9.17, 15) is 4.79 Å². The maximum Gasteiger partial charge on any atom is 0.407 e. The molecule has 0 aliphatic rings. The highest BCUT2D eigenvalue weighted by Crippen LogP contribution is 2.06. The van der Waals surface area contributed by atoms with E-state index in [2.05, 4.69) is 5.32 Å². The number of ether oxygens (including phenoxy) is 1. The summed E-state index contributed by atoms with van der Waals surface area (Å²) < 4.78 is 5.06. The van der Waals surface area contributed by atoms with Crippen LogP contribution in [0.3, 0.4) is 0 Å². The zero-order valence-electron chi connectivity index (χ0n) is 9.29. The molecule has 0 radical (unpaired) electrons. The Morgan fingerprint density at radius 3 is 2.36 bits per heavy atom. The minimum atomic E-state index is -0.438. The Bertz CT molecular complexity index is 169. The molecule has 0 rings (SSSR count). The van der Waals surface area contributed by atoms with E-state index >= 15 is 0 Å². The fourth-order valence-electron chi connectivity index (χ4n) is 0.831.